The monoisotopic (exact) mass is 246 g/mol. The summed E-state index contributed by atoms with van der Waals surface area (Å²) in [5.41, 5.74) is -0.571. The second-order valence-electron chi connectivity index (χ2n) is 4.58. The Labute approximate surface area is 99.8 Å². The first-order chi connectivity index (χ1) is 7.90. The molecule has 2 atom stereocenters. The molecule has 0 radical (unpaired) electrons. The Morgan fingerprint density at radius 1 is 1.41 bits per heavy atom. The van der Waals surface area contributed by atoms with E-state index in [-0.39, 0.29) is 19.2 Å². The maximum atomic E-state index is 11.7. The van der Waals surface area contributed by atoms with Crippen LogP contribution in [0.2, 0.25) is 0 Å². The Morgan fingerprint density at radius 2 is 2.00 bits per heavy atom. The van der Waals surface area contributed by atoms with E-state index in [2.05, 4.69) is 4.74 Å². The lowest BCUT2D eigenvalue weighted by molar-refractivity contribution is -0.157. The second-order valence-corrected chi connectivity index (χ2v) is 4.58. The van der Waals surface area contributed by atoms with Crippen LogP contribution in [0.4, 0.5) is 4.79 Å². The number of rotatable bonds is 5. The van der Waals surface area contributed by atoms with Crippen molar-refractivity contribution in [3.8, 4) is 0 Å². The molecule has 1 aliphatic rings. The summed E-state index contributed by atoms with van der Waals surface area (Å²) in [6.07, 6.45) is -1.69. The van der Waals surface area contributed by atoms with Gasteiger partial charge in [-0.15, -0.1) is 0 Å². The number of aliphatic hydroxyl groups excluding tert-OH is 1. The van der Waals surface area contributed by atoms with Crippen LogP contribution in [-0.2, 0) is 19.0 Å². The third-order valence-corrected chi connectivity index (χ3v) is 2.90. The van der Waals surface area contributed by atoms with Crippen molar-refractivity contribution in [2.75, 3.05) is 13.2 Å². The molecule has 0 amide bonds. The summed E-state index contributed by atoms with van der Waals surface area (Å²) in [6, 6.07) is 0. The van der Waals surface area contributed by atoms with E-state index in [1.165, 1.54) is 0 Å². The minimum Gasteiger partial charge on any atom is -0.461 e. The highest BCUT2D eigenvalue weighted by Gasteiger charge is 2.38. The van der Waals surface area contributed by atoms with E-state index < -0.39 is 23.8 Å². The van der Waals surface area contributed by atoms with Gasteiger partial charge in [0.2, 0.25) is 0 Å². The number of aliphatic hydroxyl groups is 1. The van der Waals surface area contributed by atoms with Gasteiger partial charge in [-0.2, -0.15) is 0 Å². The van der Waals surface area contributed by atoms with Crippen LogP contribution in [0.25, 0.3) is 0 Å². The van der Waals surface area contributed by atoms with Gasteiger partial charge in [0, 0.05) is 0 Å². The molecule has 0 spiro atoms. The van der Waals surface area contributed by atoms with E-state index in [4.69, 9.17) is 14.6 Å². The van der Waals surface area contributed by atoms with Crippen LogP contribution in [0.1, 0.15) is 27.2 Å². The van der Waals surface area contributed by atoms with E-state index in [0.717, 1.165) is 0 Å². The first kappa shape index (κ1) is 13.8. The molecule has 0 saturated carbocycles. The summed E-state index contributed by atoms with van der Waals surface area (Å²) in [5.74, 6) is -0.361. The fourth-order valence-corrected chi connectivity index (χ4v) is 1.22. The minimum absolute atomic E-state index is 0.0980. The normalized spacial score (nSPS) is 24.1. The molecule has 2 unspecified atom stereocenters. The number of cyclic esters (lactones) is 2. The Bertz CT molecular complexity index is 298. The molecule has 6 nitrogen and oxygen atoms in total. The maximum absolute atomic E-state index is 11.7. The first-order valence-electron chi connectivity index (χ1n) is 5.56. The summed E-state index contributed by atoms with van der Waals surface area (Å²) in [7, 11) is 0. The number of ether oxygens (including phenoxy) is 3. The van der Waals surface area contributed by atoms with E-state index in [1.807, 2.05) is 6.92 Å². The van der Waals surface area contributed by atoms with Gasteiger partial charge >= 0.3 is 12.1 Å². The number of carbonyl (C=O) groups excluding carboxylic acids is 2. The van der Waals surface area contributed by atoms with Crippen LogP contribution in [0.5, 0.6) is 0 Å². The number of carbonyl (C=O) groups is 2. The Balaban J connectivity index is 2.45. The lowest BCUT2D eigenvalue weighted by atomic mass is 9.91. The molecule has 0 bridgehead atoms. The average molecular weight is 246 g/mol. The van der Waals surface area contributed by atoms with Crippen molar-refractivity contribution in [1.29, 1.82) is 0 Å². The number of hydrogen-bond donors (Lipinski definition) is 1. The van der Waals surface area contributed by atoms with Gasteiger partial charge in [0.25, 0.3) is 0 Å². The van der Waals surface area contributed by atoms with E-state index in [1.54, 1.807) is 13.8 Å². The van der Waals surface area contributed by atoms with Crippen molar-refractivity contribution in [3.05, 3.63) is 0 Å². The summed E-state index contributed by atoms with van der Waals surface area (Å²) < 4.78 is 14.5. The van der Waals surface area contributed by atoms with Gasteiger partial charge < -0.3 is 19.3 Å². The number of hydrogen-bond acceptors (Lipinski definition) is 6. The van der Waals surface area contributed by atoms with Gasteiger partial charge in [-0.05, 0) is 20.3 Å². The van der Waals surface area contributed by atoms with Gasteiger partial charge in [0.15, 0.2) is 12.2 Å². The molecule has 1 saturated heterocycles. The number of esters is 1. The SMILES string of the molecule is CCC(C)(C)C(=O)OCC1OC(=O)OC1CO. The van der Waals surface area contributed by atoms with Crippen molar-refractivity contribution in [2.45, 2.75) is 39.4 Å². The van der Waals surface area contributed by atoms with Crippen LogP contribution in [0.15, 0.2) is 0 Å². The maximum Gasteiger partial charge on any atom is 0.509 e. The Hall–Kier alpha value is -1.30. The van der Waals surface area contributed by atoms with Crippen LogP contribution >= 0.6 is 0 Å². The third kappa shape index (κ3) is 3.33. The van der Waals surface area contributed by atoms with Gasteiger partial charge in [0.05, 0.1) is 12.0 Å². The molecule has 0 aliphatic carbocycles. The topological polar surface area (TPSA) is 82.1 Å². The molecule has 6 heteroatoms. The van der Waals surface area contributed by atoms with E-state index in [9.17, 15) is 9.59 Å². The predicted molar refractivity (Wildman–Crippen MR) is 57.3 cm³/mol. The zero-order valence-corrected chi connectivity index (χ0v) is 10.3. The largest absolute Gasteiger partial charge is 0.509 e. The molecule has 1 fully saturated rings. The van der Waals surface area contributed by atoms with Gasteiger partial charge in [-0.3, -0.25) is 4.79 Å². The van der Waals surface area contributed by atoms with Gasteiger partial charge in [-0.25, -0.2) is 4.79 Å². The summed E-state index contributed by atoms with van der Waals surface area (Å²) >= 11 is 0. The molecular formula is C11H18O6. The van der Waals surface area contributed by atoms with E-state index in [0.29, 0.717) is 6.42 Å². The van der Waals surface area contributed by atoms with Crippen molar-refractivity contribution in [3.63, 3.8) is 0 Å². The van der Waals surface area contributed by atoms with Crippen LogP contribution in [-0.4, -0.2) is 42.7 Å². The molecule has 0 aromatic carbocycles. The summed E-state index contributed by atoms with van der Waals surface area (Å²) in [6.45, 7) is 4.98. The lowest BCUT2D eigenvalue weighted by Gasteiger charge is -2.21. The van der Waals surface area contributed by atoms with Gasteiger partial charge in [-0.1, -0.05) is 6.92 Å². The van der Waals surface area contributed by atoms with Crippen molar-refractivity contribution < 1.29 is 28.9 Å². The quantitative estimate of drug-likeness (QED) is 0.724. The average Bonchev–Trinajstić information content (AvgIpc) is 2.66. The first-order valence-corrected chi connectivity index (χ1v) is 5.56. The van der Waals surface area contributed by atoms with E-state index >= 15 is 0 Å². The van der Waals surface area contributed by atoms with Crippen molar-refractivity contribution >= 4 is 12.1 Å². The fraction of sp³-hybridized carbons (Fsp3) is 0.818. The van der Waals surface area contributed by atoms with Gasteiger partial charge in [0.1, 0.15) is 6.61 Å². The third-order valence-electron chi connectivity index (χ3n) is 2.90. The zero-order chi connectivity index (χ0) is 13.1. The second kappa shape index (κ2) is 5.35. The molecule has 1 aliphatic heterocycles. The highest BCUT2D eigenvalue weighted by Crippen LogP contribution is 2.22. The molecule has 0 aromatic heterocycles. The molecule has 98 valence electrons. The standard InChI is InChI=1S/C11H18O6/c1-4-11(2,3)9(13)15-6-8-7(5-12)16-10(14)17-8/h7-8,12H,4-6H2,1-3H3. The molecule has 1 rings (SSSR count). The Kier molecular flexibility index (Phi) is 4.34. The predicted octanol–water partition coefficient (Wildman–Crippen LogP) is 0.862. The highest BCUT2D eigenvalue weighted by atomic mass is 16.8. The fourth-order valence-electron chi connectivity index (χ4n) is 1.22. The summed E-state index contributed by atoms with van der Waals surface area (Å²) in [5, 5.41) is 8.93. The molecule has 17 heavy (non-hydrogen) atoms. The molecule has 1 heterocycles. The van der Waals surface area contributed by atoms with Crippen LogP contribution in [0, 0.1) is 5.41 Å². The lowest BCUT2D eigenvalue weighted by Crippen LogP contribution is -2.34. The van der Waals surface area contributed by atoms with Crippen LogP contribution in [0.3, 0.4) is 0 Å². The molecule has 0 aromatic rings. The smallest absolute Gasteiger partial charge is 0.461 e. The summed E-state index contributed by atoms with van der Waals surface area (Å²) in [4.78, 5) is 22.5. The highest BCUT2D eigenvalue weighted by molar-refractivity contribution is 5.75. The Morgan fingerprint density at radius 3 is 2.53 bits per heavy atom. The van der Waals surface area contributed by atoms with Crippen molar-refractivity contribution in [1.82, 2.24) is 0 Å². The zero-order valence-electron chi connectivity index (χ0n) is 10.3. The minimum atomic E-state index is -0.847. The van der Waals surface area contributed by atoms with Crippen molar-refractivity contribution in [2.24, 2.45) is 5.41 Å². The van der Waals surface area contributed by atoms with Crippen LogP contribution < -0.4 is 0 Å². The molecular weight excluding hydrogens is 228 g/mol. The molecule has 1 N–H and O–H groups in total.